The second-order valence-electron chi connectivity index (χ2n) is 5.24. The summed E-state index contributed by atoms with van der Waals surface area (Å²) in [4.78, 5) is 20.7. The molecule has 0 spiro atoms. The van der Waals surface area contributed by atoms with Crippen LogP contribution in [0.15, 0.2) is 0 Å². The molecule has 2 unspecified atom stereocenters. The van der Waals surface area contributed by atoms with Crippen LogP contribution in [0.2, 0.25) is 0 Å². The molecule has 138 valence electrons. The molecule has 0 radical (unpaired) electrons. The minimum absolute atomic E-state index is 0.0759. The summed E-state index contributed by atoms with van der Waals surface area (Å²) >= 11 is 0. The topological polar surface area (TPSA) is 128 Å². The highest BCUT2D eigenvalue weighted by Crippen LogP contribution is 2.42. The molecule has 0 bridgehead atoms. The van der Waals surface area contributed by atoms with E-state index >= 15 is 0 Å². The lowest BCUT2D eigenvalue weighted by molar-refractivity contribution is -0.147. The number of hydrogen-bond acceptors (Lipinski definition) is 7. The van der Waals surface area contributed by atoms with Gasteiger partial charge in [-0.1, -0.05) is 39.0 Å². The maximum atomic E-state index is 11.5. The van der Waals surface area contributed by atoms with Crippen LogP contribution in [-0.4, -0.2) is 48.4 Å². The van der Waals surface area contributed by atoms with Gasteiger partial charge in [-0.2, -0.15) is 0 Å². The van der Waals surface area contributed by atoms with Crippen LogP contribution in [0, 0.1) is 0 Å². The Bertz CT molecular complexity index is 354. The highest BCUT2D eigenvalue weighted by atomic mass is 31.2. The van der Waals surface area contributed by atoms with Crippen LogP contribution < -0.4 is 5.73 Å². The Morgan fingerprint density at radius 2 is 1.78 bits per heavy atom. The van der Waals surface area contributed by atoms with Gasteiger partial charge in [-0.3, -0.25) is 13.8 Å². The van der Waals surface area contributed by atoms with E-state index < -0.39 is 26.5 Å². The number of aliphatic hydroxyl groups excluding tert-OH is 1. The summed E-state index contributed by atoms with van der Waals surface area (Å²) in [5, 5.41) is 9.54. The van der Waals surface area contributed by atoms with Crippen LogP contribution in [0.1, 0.15) is 51.9 Å². The number of ether oxygens (including phenoxy) is 1. The molecule has 0 saturated heterocycles. The molecule has 0 aliphatic heterocycles. The second kappa shape index (κ2) is 13.9. The second-order valence-corrected chi connectivity index (χ2v) is 6.69. The molecule has 9 heteroatoms. The number of aliphatic hydroxyl groups is 1. The molecule has 4 N–H and O–H groups in total. The van der Waals surface area contributed by atoms with E-state index in [1.165, 1.54) is 19.3 Å². The normalized spacial score (nSPS) is 15.1. The predicted octanol–water partition coefficient (Wildman–Crippen LogP) is 1.73. The fraction of sp³-hybridized carbons (Fsp3) is 0.929. The first-order valence-corrected chi connectivity index (χ1v) is 9.56. The first-order valence-electron chi connectivity index (χ1n) is 8.07. The van der Waals surface area contributed by atoms with Crippen LogP contribution in [0.4, 0.5) is 0 Å². The number of nitrogens with two attached hydrogens (primary N) is 1. The highest BCUT2D eigenvalue weighted by Gasteiger charge is 2.22. The van der Waals surface area contributed by atoms with E-state index in [1.54, 1.807) is 0 Å². The van der Waals surface area contributed by atoms with E-state index in [0.29, 0.717) is 6.42 Å². The Balaban J connectivity index is 3.65. The van der Waals surface area contributed by atoms with Gasteiger partial charge in [0.25, 0.3) is 0 Å². The van der Waals surface area contributed by atoms with Crippen molar-refractivity contribution in [3.63, 3.8) is 0 Å². The predicted molar refractivity (Wildman–Crippen MR) is 85.7 cm³/mol. The van der Waals surface area contributed by atoms with Crippen LogP contribution in [-0.2, 0) is 23.1 Å². The molecule has 23 heavy (non-hydrogen) atoms. The SMILES string of the molecule is CCCCCCCCC(=O)OCC(O)COP(=O)(O)OCCN. The van der Waals surface area contributed by atoms with Gasteiger partial charge < -0.3 is 20.5 Å². The van der Waals surface area contributed by atoms with Gasteiger partial charge in [0, 0.05) is 13.0 Å². The third-order valence-electron chi connectivity index (χ3n) is 2.97. The summed E-state index contributed by atoms with van der Waals surface area (Å²) in [6, 6.07) is 0. The van der Waals surface area contributed by atoms with Crippen LogP contribution in [0.5, 0.6) is 0 Å². The Kier molecular flexibility index (Phi) is 13.6. The van der Waals surface area contributed by atoms with Gasteiger partial charge in [0.1, 0.15) is 12.7 Å². The Morgan fingerprint density at radius 3 is 2.43 bits per heavy atom. The number of hydrogen-bond donors (Lipinski definition) is 3. The van der Waals surface area contributed by atoms with Gasteiger partial charge in [0.2, 0.25) is 0 Å². The molecule has 0 aliphatic rings. The van der Waals surface area contributed by atoms with E-state index in [-0.39, 0.29) is 19.8 Å². The zero-order valence-corrected chi connectivity index (χ0v) is 14.7. The number of esters is 1. The molecule has 0 rings (SSSR count). The highest BCUT2D eigenvalue weighted by molar-refractivity contribution is 7.47. The van der Waals surface area contributed by atoms with Crippen molar-refractivity contribution < 1.29 is 33.1 Å². The van der Waals surface area contributed by atoms with E-state index in [1.807, 2.05) is 0 Å². The summed E-state index contributed by atoms with van der Waals surface area (Å²) in [5.41, 5.74) is 5.13. The largest absolute Gasteiger partial charge is 0.472 e. The van der Waals surface area contributed by atoms with Crippen molar-refractivity contribution in [2.24, 2.45) is 5.73 Å². The lowest BCUT2D eigenvalue weighted by Gasteiger charge is -2.15. The minimum Gasteiger partial charge on any atom is -0.463 e. The Hall–Kier alpha value is -0.500. The summed E-state index contributed by atoms with van der Waals surface area (Å²) in [5.74, 6) is -0.397. The third kappa shape index (κ3) is 14.8. The van der Waals surface area contributed by atoms with Crippen LogP contribution in [0.3, 0.4) is 0 Å². The maximum Gasteiger partial charge on any atom is 0.472 e. The van der Waals surface area contributed by atoms with Crippen molar-refractivity contribution in [1.82, 2.24) is 0 Å². The molecule has 0 fully saturated rings. The number of unbranched alkanes of at least 4 members (excludes halogenated alkanes) is 5. The fourth-order valence-electron chi connectivity index (χ4n) is 1.74. The Morgan fingerprint density at radius 1 is 1.13 bits per heavy atom. The lowest BCUT2D eigenvalue weighted by Crippen LogP contribution is -2.23. The number of phosphoric acid groups is 1. The van der Waals surface area contributed by atoms with Gasteiger partial charge in [0.15, 0.2) is 0 Å². The number of carbonyl (C=O) groups is 1. The van der Waals surface area contributed by atoms with Gasteiger partial charge >= 0.3 is 13.8 Å². The van der Waals surface area contributed by atoms with Crippen molar-refractivity contribution >= 4 is 13.8 Å². The van der Waals surface area contributed by atoms with Crippen LogP contribution >= 0.6 is 7.82 Å². The van der Waals surface area contributed by atoms with Crippen molar-refractivity contribution in [3.05, 3.63) is 0 Å². The quantitative estimate of drug-likeness (QED) is 0.230. The summed E-state index contributed by atoms with van der Waals surface area (Å²) in [6.45, 7) is 1.34. The average molecular weight is 355 g/mol. The van der Waals surface area contributed by atoms with Crippen LogP contribution in [0.25, 0.3) is 0 Å². The first kappa shape index (κ1) is 22.5. The fourth-order valence-corrected chi connectivity index (χ4v) is 2.52. The van der Waals surface area contributed by atoms with E-state index in [9.17, 15) is 19.4 Å². The van der Waals surface area contributed by atoms with E-state index in [4.69, 9.17) is 10.5 Å². The summed E-state index contributed by atoms with van der Waals surface area (Å²) in [7, 11) is -4.22. The van der Waals surface area contributed by atoms with Gasteiger partial charge in [-0.15, -0.1) is 0 Å². The molecule has 0 saturated carbocycles. The first-order chi connectivity index (χ1) is 10.9. The lowest BCUT2D eigenvalue weighted by atomic mass is 10.1. The smallest absolute Gasteiger partial charge is 0.463 e. The molecular formula is C14H30NO7P. The Labute approximate surface area is 137 Å². The van der Waals surface area contributed by atoms with Gasteiger partial charge in [0.05, 0.1) is 13.2 Å². The molecule has 0 aromatic carbocycles. The monoisotopic (exact) mass is 355 g/mol. The molecule has 0 aromatic rings. The zero-order valence-electron chi connectivity index (χ0n) is 13.8. The number of phosphoric ester groups is 1. The van der Waals surface area contributed by atoms with Crippen molar-refractivity contribution in [2.45, 2.75) is 58.0 Å². The molecule has 0 aliphatic carbocycles. The molecule has 0 heterocycles. The molecule has 2 atom stereocenters. The average Bonchev–Trinajstić information content (AvgIpc) is 2.52. The number of carbonyl (C=O) groups excluding carboxylic acids is 1. The molecule has 0 aromatic heterocycles. The molecular weight excluding hydrogens is 325 g/mol. The third-order valence-corrected chi connectivity index (χ3v) is 3.96. The van der Waals surface area contributed by atoms with Gasteiger partial charge in [-0.25, -0.2) is 4.57 Å². The number of rotatable bonds is 15. The molecule has 0 amide bonds. The standard InChI is InChI=1S/C14H30NO7P/c1-2-3-4-5-6-7-8-14(17)20-11-13(16)12-22-23(18,19)21-10-9-15/h13,16H,2-12,15H2,1H3,(H,18,19). The van der Waals surface area contributed by atoms with Crippen molar-refractivity contribution in [3.8, 4) is 0 Å². The molecule has 8 nitrogen and oxygen atoms in total. The summed E-state index contributed by atoms with van der Waals surface area (Å²) < 4.78 is 25.2. The van der Waals surface area contributed by atoms with Crippen molar-refractivity contribution in [2.75, 3.05) is 26.4 Å². The summed E-state index contributed by atoms with van der Waals surface area (Å²) in [6.07, 6.45) is 5.52. The van der Waals surface area contributed by atoms with E-state index in [2.05, 4.69) is 16.0 Å². The minimum atomic E-state index is -4.22. The van der Waals surface area contributed by atoms with Gasteiger partial charge in [-0.05, 0) is 6.42 Å². The zero-order chi connectivity index (χ0) is 17.6. The van der Waals surface area contributed by atoms with Crippen molar-refractivity contribution in [1.29, 1.82) is 0 Å². The maximum absolute atomic E-state index is 11.5. The van der Waals surface area contributed by atoms with E-state index in [0.717, 1.165) is 19.3 Å².